The topological polar surface area (TPSA) is 51.2 Å². The van der Waals surface area contributed by atoms with Crippen molar-refractivity contribution < 1.29 is 9.53 Å². The Kier molecular flexibility index (Phi) is 4.71. The third-order valence-electron chi connectivity index (χ3n) is 3.22. The molecule has 0 fully saturated rings. The predicted octanol–water partition coefficient (Wildman–Crippen LogP) is 4.79. The third-order valence-corrected chi connectivity index (χ3v) is 4.95. The lowest BCUT2D eigenvalue weighted by atomic mass is 10.1. The first-order valence-corrected chi connectivity index (χ1v) is 8.31. The van der Waals surface area contributed by atoms with Crippen molar-refractivity contribution in [1.82, 2.24) is 4.98 Å². The van der Waals surface area contributed by atoms with Gasteiger partial charge in [0.15, 0.2) is 5.13 Å². The van der Waals surface area contributed by atoms with Crippen LogP contribution in [0.2, 0.25) is 10.0 Å². The first-order chi connectivity index (χ1) is 11.1. The van der Waals surface area contributed by atoms with Crippen LogP contribution in [0.3, 0.4) is 0 Å². The van der Waals surface area contributed by atoms with Crippen LogP contribution in [0.5, 0.6) is 5.75 Å². The van der Waals surface area contributed by atoms with E-state index in [4.69, 9.17) is 27.9 Å². The van der Waals surface area contributed by atoms with Crippen molar-refractivity contribution >= 4 is 55.8 Å². The lowest BCUT2D eigenvalue weighted by Gasteiger charge is -2.03. The number of anilines is 1. The fraction of sp³-hybridized carbons (Fsp3) is 0.125. The van der Waals surface area contributed by atoms with Crippen LogP contribution < -0.4 is 10.1 Å². The fourth-order valence-electron chi connectivity index (χ4n) is 2.08. The summed E-state index contributed by atoms with van der Waals surface area (Å²) in [5, 5.41) is 4.14. The van der Waals surface area contributed by atoms with Gasteiger partial charge in [-0.15, -0.1) is 0 Å². The minimum Gasteiger partial charge on any atom is -0.497 e. The number of fused-ring (bicyclic) bond motifs is 1. The number of carbonyl (C=O) groups excluding carboxylic acids is 1. The number of hydrogen-bond donors (Lipinski definition) is 1. The first-order valence-electron chi connectivity index (χ1n) is 6.74. The quantitative estimate of drug-likeness (QED) is 0.721. The van der Waals surface area contributed by atoms with Crippen LogP contribution in [0.1, 0.15) is 5.56 Å². The highest BCUT2D eigenvalue weighted by atomic mass is 35.5. The smallest absolute Gasteiger partial charge is 0.230 e. The molecule has 0 spiro atoms. The van der Waals surface area contributed by atoms with E-state index in [1.807, 2.05) is 30.3 Å². The number of nitrogens with zero attached hydrogens (tertiary/aromatic N) is 1. The molecule has 3 aromatic rings. The van der Waals surface area contributed by atoms with E-state index in [0.29, 0.717) is 20.7 Å². The summed E-state index contributed by atoms with van der Waals surface area (Å²) in [7, 11) is 1.60. The predicted molar refractivity (Wildman–Crippen MR) is 95.0 cm³/mol. The summed E-state index contributed by atoms with van der Waals surface area (Å²) < 4.78 is 5.97. The molecule has 1 heterocycles. The molecular formula is C16H12Cl2N2O2S. The highest BCUT2D eigenvalue weighted by Crippen LogP contribution is 2.35. The molecule has 1 amide bonds. The summed E-state index contributed by atoms with van der Waals surface area (Å²) in [5.74, 6) is 0.614. The summed E-state index contributed by atoms with van der Waals surface area (Å²) >= 11 is 13.5. The number of benzene rings is 2. The van der Waals surface area contributed by atoms with Gasteiger partial charge >= 0.3 is 0 Å². The number of thiazole rings is 1. The van der Waals surface area contributed by atoms with Crippen molar-refractivity contribution in [2.24, 2.45) is 0 Å². The van der Waals surface area contributed by atoms with Gasteiger partial charge in [0.1, 0.15) is 11.3 Å². The van der Waals surface area contributed by atoms with E-state index in [9.17, 15) is 4.79 Å². The summed E-state index contributed by atoms with van der Waals surface area (Å²) in [6.07, 6.45) is 0.258. The van der Waals surface area contributed by atoms with Crippen LogP contribution >= 0.6 is 34.5 Å². The van der Waals surface area contributed by atoms with Gasteiger partial charge in [0.05, 0.1) is 28.3 Å². The van der Waals surface area contributed by atoms with Gasteiger partial charge in [0.2, 0.25) is 5.91 Å². The van der Waals surface area contributed by atoms with E-state index in [-0.39, 0.29) is 12.3 Å². The standard InChI is InChI=1S/C16H12Cl2N2O2S/c1-22-10-4-2-9(3-5-10)8-13(21)19-16-20-15-12(23-16)7-6-11(17)14(15)18/h2-7H,8H2,1H3,(H,19,20,21). The molecule has 0 aliphatic heterocycles. The van der Waals surface area contributed by atoms with E-state index < -0.39 is 0 Å². The monoisotopic (exact) mass is 366 g/mol. The number of methoxy groups -OCH3 is 1. The third kappa shape index (κ3) is 3.58. The molecule has 118 valence electrons. The zero-order valence-corrected chi connectivity index (χ0v) is 14.4. The van der Waals surface area contributed by atoms with Crippen molar-refractivity contribution in [2.45, 2.75) is 6.42 Å². The maximum atomic E-state index is 12.1. The van der Waals surface area contributed by atoms with Crippen molar-refractivity contribution in [1.29, 1.82) is 0 Å². The Morgan fingerprint density at radius 1 is 1.22 bits per heavy atom. The van der Waals surface area contributed by atoms with Crippen LogP contribution in [0.4, 0.5) is 5.13 Å². The number of ether oxygens (including phenoxy) is 1. The van der Waals surface area contributed by atoms with E-state index >= 15 is 0 Å². The summed E-state index contributed by atoms with van der Waals surface area (Å²) in [5.41, 5.74) is 1.49. The molecule has 1 aromatic heterocycles. The summed E-state index contributed by atoms with van der Waals surface area (Å²) in [6, 6.07) is 10.9. The van der Waals surface area contributed by atoms with Crippen molar-refractivity contribution in [2.75, 3.05) is 12.4 Å². The minimum atomic E-state index is -0.142. The average molecular weight is 367 g/mol. The van der Waals surface area contributed by atoms with Gasteiger partial charge in [-0.25, -0.2) is 4.98 Å². The van der Waals surface area contributed by atoms with E-state index in [1.54, 1.807) is 13.2 Å². The molecule has 0 aliphatic rings. The van der Waals surface area contributed by atoms with Gasteiger partial charge in [0.25, 0.3) is 0 Å². The number of halogens is 2. The molecule has 0 saturated carbocycles. The van der Waals surface area contributed by atoms with Crippen LogP contribution in [-0.4, -0.2) is 18.0 Å². The Hall–Kier alpha value is -1.82. The maximum Gasteiger partial charge on any atom is 0.230 e. The number of rotatable bonds is 4. The summed E-state index contributed by atoms with van der Waals surface area (Å²) in [6.45, 7) is 0. The Bertz CT molecular complexity index is 862. The van der Waals surface area contributed by atoms with Gasteiger partial charge in [-0.3, -0.25) is 4.79 Å². The Balaban J connectivity index is 1.73. The number of carbonyl (C=O) groups is 1. The number of hydrogen-bond acceptors (Lipinski definition) is 4. The van der Waals surface area contributed by atoms with Gasteiger partial charge in [0, 0.05) is 0 Å². The Morgan fingerprint density at radius 3 is 2.65 bits per heavy atom. The molecule has 7 heteroatoms. The Labute approximate surface area is 147 Å². The maximum absolute atomic E-state index is 12.1. The van der Waals surface area contributed by atoms with Crippen molar-refractivity contribution in [3.63, 3.8) is 0 Å². The molecule has 1 N–H and O–H groups in total. The molecule has 23 heavy (non-hydrogen) atoms. The largest absolute Gasteiger partial charge is 0.497 e. The molecule has 0 radical (unpaired) electrons. The van der Waals surface area contributed by atoms with E-state index in [2.05, 4.69) is 10.3 Å². The molecule has 0 saturated heterocycles. The molecule has 0 bridgehead atoms. The highest BCUT2D eigenvalue weighted by Gasteiger charge is 2.12. The Morgan fingerprint density at radius 2 is 1.96 bits per heavy atom. The molecule has 3 rings (SSSR count). The SMILES string of the molecule is COc1ccc(CC(=O)Nc2nc3c(Cl)c(Cl)ccc3s2)cc1. The van der Waals surface area contributed by atoms with Gasteiger partial charge < -0.3 is 10.1 Å². The van der Waals surface area contributed by atoms with Gasteiger partial charge in [-0.2, -0.15) is 0 Å². The first kappa shape index (κ1) is 16.1. The van der Waals surface area contributed by atoms with Crippen LogP contribution in [0, 0.1) is 0 Å². The van der Waals surface area contributed by atoms with Gasteiger partial charge in [-0.1, -0.05) is 46.7 Å². The second-order valence-corrected chi connectivity index (χ2v) is 6.62. The fourth-order valence-corrected chi connectivity index (χ4v) is 3.39. The lowest BCUT2D eigenvalue weighted by Crippen LogP contribution is -2.14. The zero-order valence-electron chi connectivity index (χ0n) is 12.1. The molecule has 0 aliphatic carbocycles. The summed E-state index contributed by atoms with van der Waals surface area (Å²) in [4.78, 5) is 16.5. The van der Waals surface area contributed by atoms with Crippen molar-refractivity contribution in [3.05, 3.63) is 52.0 Å². The van der Waals surface area contributed by atoms with Crippen molar-refractivity contribution in [3.8, 4) is 5.75 Å². The molecule has 4 nitrogen and oxygen atoms in total. The van der Waals surface area contributed by atoms with Gasteiger partial charge in [-0.05, 0) is 29.8 Å². The second-order valence-electron chi connectivity index (χ2n) is 4.80. The lowest BCUT2D eigenvalue weighted by molar-refractivity contribution is -0.115. The molecular weight excluding hydrogens is 355 g/mol. The number of aromatic nitrogens is 1. The molecule has 2 aromatic carbocycles. The van der Waals surface area contributed by atoms with Crippen LogP contribution in [0.15, 0.2) is 36.4 Å². The highest BCUT2D eigenvalue weighted by molar-refractivity contribution is 7.22. The zero-order chi connectivity index (χ0) is 16.4. The number of nitrogens with one attached hydrogen (secondary N) is 1. The minimum absolute atomic E-state index is 0.142. The van der Waals surface area contributed by atoms with E-state index in [1.165, 1.54) is 11.3 Å². The molecule has 0 atom stereocenters. The molecule has 0 unspecified atom stereocenters. The van der Waals surface area contributed by atoms with E-state index in [0.717, 1.165) is 16.0 Å². The normalized spacial score (nSPS) is 10.7. The second kappa shape index (κ2) is 6.74. The number of amides is 1. The van der Waals surface area contributed by atoms with Crippen LogP contribution in [-0.2, 0) is 11.2 Å². The average Bonchev–Trinajstić information content (AvgIpc) is 2.95. The van der Waals surface area contributed by atoms with Crippen LogP contribution in [0.25, 0.3) is 10.2 Å².